The van der Waals surface area contributed by atoms with Gasteiger partial charge in [0.1, 0.15) is 5.60 Å². The van der Waals surface area contributed by atoms with Crippen LogP contribution in [0, 0.1) is 10.1 Å². The number of nitrogens with zero attached hydrogens (tertiary/aromatic N) is 1. The lowest BCUT2D eigenvalue weighted by Gasteiger charge is -2.20. The first-order valence-electron chi connectivity index (χ1n) is 6.05. The van der Waals surface area contributed by atoms with Gasteiger partial charge in [0.05, 0.1) is 16.1 Å². The molecule has 0 aliphatic heterocycles. The smallest absolute Gasteiger partial charge is 0.339 e. The van der Waals surface area contributed by atoms with E-state index >= 15 is 0 Å². The van der Waals surface area contributed by atoms with Crippen LogP contribution in [-0.4, -0.2) is 27.6 Å². The Bertz CT molecular complexity index is 603. The van der Waals surface area contributed by atoms with Gasteiger partial charge in [0.25, 0.3) is 5.69 Å². The number of carboxylic acid groups (broad SMARTS) is 1. The minimum absolute atomic E-state index is 0.00218. The first-order chi connectivity index (χ1) is 9.56. The van der Waals surface area contributed by atoms with Crippen LogP contribution in [0.4, 0.5) is 5.69 Å². The fourth-order valence-corrected chi connectivity index (χ4v) is 1.69. The summed E-state index contributed by atoms with van der Waals surface area (Å²) in [4.78, 5) is 33.4. The number of rotatable bonds is 4. The van der Waals surface area contributed by atoms with Gasteiger partial charge in [-0.25, -0.2) is 9.59 Å². The number of nitro benzene ring substituents is 1. The van der Waals surface area contributed by atoms with Crippen LogP contribution >= 0.6 is 0 Å². The zero-order chi connectivity index (χ0) is 16.4. The van der Waals surface area contributed by atoms with Crippen molar-refractivity contribution < 1.29 is 24.4 Å². The van der Waals surface area contributed by atoms with Gasteiger partial charge in [0.15, 0.2) is 0 Å². The fraction of sp³-hybridized carbons (Fsp3) is 0.385. The maximum atomic E-state index is 12.1. The van der Waals surface area contributed by atoms with Crippen LogP contribution in [0.2, 0.25) is 0 Å². The largest absolute Gasteiger partial charge is 0.478 e. The SMILES string of the molecule is CC(C)(C)OC(=O)c1cc([N+](=O)[O-])cc(C(=O)O)c1CN. The Morgan fingerprint density at radius 1 is 1.33 bits per heavy atom. The highest BCUT2D eigenvalue weighted by molar-refractivity contribution is 5.98. The van der Waals surface area contributed by atoms with Gasteiger partial charge in [-0.3, -0.25) is 10.1 Å². The summed E-state index contributed by atoms with van der Waals surface area (Å²) >= 11 is 0. The van der Waals surface area contributed by atoms with E-state index < -0.39 is 28.2 Å². The van der Waals surface area contributed by atoms with E-state index in [0.29, 0.717) is 0 Å². The van der Waals surface area contributed by atoms with Crippen molar-refractivity contribution in [3.63, 3.8) is 0 Å². The number of carbonyl (C=O) groups is 2. The third-order valence-electron chi connectivity index (χ3n) is 2.50. The number of aromatic carboxylic acids is 1. The molecule has 0 saturated heterocycles. The Labute approximate surface area is 120 Å². The highest BCUT2D eigenvalue weighted by Crippen LogP contribution is 2.25. The molecular formula is C13H16N2O6. The summed E-state index contributed by atoms with van der Waals surface area (Å²) in [5.41, 5.74) is 3.56. The average Bonchev–Trinajstić information content (AvgIpc) is 2.34. The van der Waals surface area contributed by atoms with Gasteiger partial charge in [0, 0.05) is 18.7 Å². The van der Waals surface area contributed by atoms with Crippen molar-refractivity contribution in [1.82, 2.24) is 0 Å². The lowest BCUT2D eigenvalue weighted by atomic mass is 9.99. The van der Waals surface area contributed by atoms with Gasteiger partial charge in [0.2, 0.25) is 0 Å². The Morgan fingerprint density at radius 2 is 1.86 bits per heavy atom. The number of nitro groups is 1. The van der Waals surface area contributed by atoms with Gasteiger partial charge in [-0.1, -0.05) is 0 Å². The minimum Gasteiger partial charge on any atom is -0.478 e. The topological polar surface area (TPSA) is 133 Å². The molecule has 8 nitrogen and oxygen atoms in total. The Morgan fingerprint density at radius 3 is 2.24 bits per heavy atom. The lowest BCUT2D eigenvalue weighted by Crippen LogP contribution is -2.25. The molecule has 114 valence electrons. The summed E-state index contributed by atoms with van der Waals surface area (Å²) < 4.78 is 5.13. The second kappa shape index (κ2) is 5.88. The van der Waals surface area contributed by atoms with Crippen molar-refractivity contribution in [3.8, 4) is 0 Å². The zero-order valence-electron chi connectivity index (χ0n) is 11.9. The molecule has 0 heterocycles. The predicted octanol–water partition coefficient (Wildman–Crippen LogP) is 1.71. The number of hydrogen-bond donors (Lipinski definition) is 2. The summed E-state index contributed by atoms with van der Waals surface area (Å²) in [7, 11) is 0. The molecule has 1 aromatic carbocycles. The molecule has 0 aromatic heterocycles. The van der Waals surface area contributed by atoms with Gasteiger partial charge in [-0.05, 0) is 26.3 Å². The van der Waals surface area contributed by atoms with E-state index in [4.69, 9.17) is 15.6 Å². The summed E-state index contributed by atoms with van der Waals surface area (Å²) in [5, 5.41) is 20.0. The van der Waals surface area contributed by atoms with Crippen LogP contribution in [0.15, 0.2) is 12.1 Å². The number of hydrogen-bond acceptors (Lipinski definition) is 6. The van der Waals surface area contributed by atoms with Crippen molar-refractivity contribution in [2.45, 2.75) is 32.9 Å². The molecule has 0 bridgehead atoms. The Kier molecular flexibility index (Phi) is 4.64. The summed E-state index contributed by atoms with van der Waals surface area (Å²) in [6.45, 7) is 4.63. The minimum atomic E-state index is -1.40. The molecule has 8 heteroatoms. The van der Waals surface area contributed by atoms with E-state index in [1.807, 2.05) is 0 Å². The van der Waals surface area contributed by atoms with Crippen LogP contribution < -0.4 is 5.73 Å². The van der Waals surface area contributed by atoms with Crippen molar-refractivity contribution in [3.05, 3.63) is 38.9 Å². The number of esters is 1. The quantitative estimate of drug-likeness (QED) is 0.490. The Balaban J connectivity index is 3.51. The predicted molar refractivity (Wildman–Crippen MR) is 73.1 cm³/mol. The molecule has 0 aliphatic carbocycles. The highest BCUT2D eigenvalue weighted by Gasteiger charge is 2.26. The molecule has 0 unspecified atom stereocenters. The van der Waals surface area contributed by atoms with Crippen LogP contribution in [0.1, 0.15) is 47.1 Å². The van der Waals surface area contributed by atoms with E-state index in [1.54, 1.807) is 20.8 Å². The molecule has 1 rings (SSSR count). The second-order valence-corrected chi connectivity index (χ2v) is 5.29. The maximum absolute atomic E-state index is 12.1. The van der Waals surface area contributed by atoms with E-state index in [2.05, 4.69) is 0 Å². The van der Waals surface area contributed by atoms with Crippen molar-refractivity contribution in [2.75, 3.05) is 0 Å². The van der Waals surface area contributed by atoms with Crippen LogP contribution in [0.25, 0.3) is 0 Å². The van der Waals surface area contributed by atoms with E-state index in [-0.39, 0.29) is 23.2 Å². The third-order valence-corrected chi connectivity index (χ3v) is 2.50. The number of ether oxygens (including phenoxy) is 1. The zero-order valence-corrected chi connectivity index (χ0v) is 11.9. The molecule has 0 saturated carbocycles. The van der Waals surface area contributed by atoms with E-state index in [0.717, 1.165) is 12.1 Å². The average molecular weight is 296 g/mol. The third kappa shape index (κ3) is 3.99. The van der Waals surface area contributed by atoms with Crippen molar-refractivity contribution in [1.29, 1.82) is 0 Å². The van der Waals surface area contributed by atoms with E-state index in [1.165, 1.54) is 0 Å². The second-order valence-electron chi connectivity index (χ2n) is 5.29. The molecule has 0 aliphatic rings. The van der Waals surface area contributed by atoms with Gasteiger partial charge in [-0.2, -0.15) is 0 Å². The molecule has 1 aromatic rings. The number of carboxylic acids is 1. The maximum Gasteiger partial charge on any atom is 0.339 e. The summed E-state index contributed by atoms with van der Waals surface area (Å²) in [6.07, 6.45) is 0. The highest BCUT2D eigenvalue weighted by atomic mass is 16.6. The summed E-state index contributed by atoms with van der Waals surface area (Å²) in [6, 6.07) is 1.85. The molecule has 0 spiro atoms. The van der Waals surface area contributed by atoms with Gasteiger partial charge >= 0.3 is 11.9 Å². The Hall–Kier alpha value is -2.48. The number of benzene rings is 1. The molecule has 0 atom stereocenters. The molecular weight excluding hydrogens is 280 g/mol. The molecule has 21 heavy (non-hydrogen) atoms. The number of carbonyl (C=O) groups excluding carboxylic acids is 1. The van der Waals surface area contributed by atoms with Gasteiger partial charge < -0.3 is 15.6 Å². The molecule has 3 N–H and O–H groups in total. The fourth-order valence-electron chi connectivity index (χ4n) is 1.69. The first kappa shape index (κ1) is 16.6. The monoisotopic (exact) mass is 296 g/mol. The normalized spacial score (nSPS) is 11.0. The molecule has 0 fully saturated rings. The van der Waals surface area contributed by atoms with Crippen LogP contribution in [0.5, 0.6) is 0 Å². The molecule has 0 radical (unpaired) electrons. The van der Waals surface area contributed by atoms with Crippen LogP contribution in [0.3, 0.4) is 0 Å². The lowest BCUT2D eigenvalue weighted by molar-refractivity contribution is -0.384. The van der Waals surface area contributed by atoms with Gasteiger partial charge in [-0.15, -0.1) is 0 Å². The van der Waals surface area contributed by atoms with Crippen molar-refractivity contribution in [2.24, 2.45) is 5.73 Å². The summed E-state index contributed by atoms with van der Waals surface area (Å²) in [5.74, 6) is -2.25. The number of non-ortho nitro benzene ring substituents is 1. The first-order valence-corrected chi connectivity index (χ1v) is 6.05. The van der Waals surface area contributed by atoms with Crippen LogP contribution in [-0.2, 0) is 11.3 Å². The number of nitrogens with two attached hydrogens (primary N) is 1. The van der Waals surface area contributed by atoms with Crippen molar-refractivity contribution >= 4 is 17.6 Å². The molecule has 0 amide bonds. The standard InChI is InChI=1S/C13H16N2O6/c1-13(2,3)21-12(18)9-5-7(15(19)20)4-8(11(16)17)10(9)6-14/h4-5H,6,14H2,1-3H3,(H,16,17). The van der Waals surface area contributed by atoms with E-state index in [9.17, 15) is 19.7 Å².